The molecule has 1 aliphatic rings. The van der Waals surface area contributed by atoms with E-state index in [1.54, 1.807) is 20.8 Å². The predicted octanol–water partition coefficient (Wildman–Crippen LogP) is 0.669. The van der Waals surface area contributed by atoms with Crippen molar-refractivity contribution in [3.63, 3.8) is 0 Å². The third-order valence-corrected chi connectivity index (χ3v) is 7.01. The molecule has 0 aliphatic carbocycles. The lowest BCUT2D eigenvalue weighted by Crippen LogP contribution is -2.55. The van der Waals surface area contributed by atoms with Crippen LogP contribution < -0.4 is 26.6 Å². The molecule has 1 saturated heterocycles. The molecule has 3 rings (SSSR count). The van der Waals surface area contributed by atoms with Crippen molar-refractivity contribution < 1.29 is 38.0 Å². The Bertz CT molecular complexity index is 1390. The molecule has 5 N–H and O–H groups in total. The van der Waals surface area contributed by atoms with Crippen LogP contribution in [0.4, 0.5) is 0 Å². The van der Waals surface area contributed by atoms with E-state index in [4.69, 9.17) is 9.26 Å². The first-order valence-corrected chi connectivity index (χ1v) is 14.7. The fraction of sp³-hybridized carbons (Fsp3) is 0.452. The fourth-order valence-corrected chi connectivity index (χ4v) is 4.49. The Morgan fingerprint density at radius 1 is 1.07 bits per heavy atom. The van der Waals surface area contributed by atoms with Crippen LogP contribution in [0.3, 0.4) is 0 Å². The van der Waals surface area contributed by atoms with Crippen LogP contribution in [0.1, 0.15) is 55.4 Å². The number of ether oxygens (including phenoxy) is 1. The molecule has 242 valence electrons. The fourth-order valence-electron chi connectivity index (χ4n) is 4.49. The topological polar surface area (TPSA) is 198 Å². The number of esters is 1. The standard InChI is InChI=1S/C31H40N6O8/c1-18(2)27(36-28(40)20(4)34-30(42)24-14-19(3)45-37-24)31(43)33-16-25(38)35-23(15-22-12-13-32-29(22)41)10-11-26(39)44-17-21-8-6-5-7-9-21/h5-11,14,18,20,22-23,27H,12-13,15-17H2,1-4H3,(H,32,41)(H,33,43)(H,34,42)(H,35,38)(H,36,40)/b11-10+/t20-,22-,23+,27?/m0/s1. The molecule has 0 bridgehead atoms. The zero-order valence-corrected chi connectivity index (χ0v) is 25.8. The number of nitrogens with one attached hydrogen (secondary N) is 5. The van der Waals surface area contributed by atoms with Crippen molar-refractivity contribution in [3.8, 4) is 0 Å². The van der Waals surface area contributed by atoms with Crippen molar-refractivity contribution in [1.29, 1.82) is 0 Å². The minimum atomic E-state index is -1.00. The maximum absolute atomic E-state index is 13.0. The molecule has 2 heterocycles. The predicted molar refractivity (Wildman–Crippen MR) is 161 cm³/mol. The van der Waals surface area contributed by atoms with E-state index in [0.29, 0.717) is 18.7 Å². The number of rotatable bonds is 15. The number of aryl methyl sites for hydroxylation is 1. The molecule has 2 aromatic rings. The number of carbonyl (C=O) groups excluding carboxylic acids is 6. The van der Waals surface area contributed by atoms with E-state index in [0.717, 1.165) is 5.56 Å². The summed E-state index contributed by atoms with van der Waals surface area (Å²) < 4.78 is 10.1. The third-order valence-electron chi connectivity index (χ3n) is 7.01. The average Bonchev–Trinajstić information content (AvgIpc) is 3.63. The van der Waals surface area contributed by atoms with E-state index >= 15 is 0 Å². The van der Waals surface area contributed by atoms with Crippen molar-refractivity contribution in [3.05, 3.63) is 65.6 Å². The molecule has 45 heavy (non-hydrogen) atoms. The highest BCUT2D eigenvalue weighted by Crippen LogP contribution is 2.17. The molecule has 1 aliphatic heterocycles. The first kappa shape index (κ1) is 34.5. The van der Waals surface area contributed by atoms with Crippen molar-refractivity contribution in [2.45, 2.75) is 65.3 Å². The maximum atomic E-state index is 13.0. The van der Waals surface area contributed by atoms with Crippen molar-refractivity contribution in [1.82, 2.24) is 31.7 Å². The molecule has 1 aromatic heterocycles. The largest absolute Gasteiger partial charge is 0.458 e. The molecule has 4 atom stereocenters. The summed E-state index contributed by atoms with van der Waals surface area (Å²) in [6.45, 7) is 6.70. The van der Waals surface area contributed by atoms with Crippen molar-refractivity contribution in [2.75, 3.05) is 13.1 Å². The summed E-state index contributed by atoms with van der Waals surface area (Å²) in [6, 6.07) is 7.89. The number of nitrogens with zero attached hydrogens (tertiary/aromatic N) is 1. The Kier molecular flexibility index (Phi) is 12.8. The molecule has 1 fully saturated rings. The molecule has 14 heteroatoms. The summed E-state index contributed by atoms with van der Waals surface area (Å²) in [4.78, 5) is 75.3. The van der Waals surface area contributed by atoms with E-state index in [-0.39, 0.29) is 36.5 Å². The molecule has 14 nitrogen and oxygen atoms in total. The summed E-state index contributed by atoms with van der Waals surface area (Å²) >= 11 is 0. The Morgan fingerprint density at radius 3 is 2.42 bits per heavy atom. The minimum Gasteiger partial charge on any atom is -0.458 e. The second kappa shape index (κ2) is 16.7. The van der Waals surface area contributed by atoms with E-state index in [1.165, 1.54) is 25.1 Å². The molecule has 0 saturated carbocycles. The molecular formula is C31H40N6O8. The summed E-state index contributed by atoms with van der Waals surface area (Å²) in [5.74, 6) is -3.41. The van der Waals surface area contributed by atoms with Gasteiger partial charge in [-0.3, -0.25) is 24.0 Å². The molecular weight excluding hydrogens is 584 g/mol. The Labute approximate surface area is 261 Å². The van der Waals surface area contributed by atoms with E-state index in [1.807, 2.05) is 30.3 Å². The number of hydrogen-bond donors (Lipinski definition) is 5. The summed E-state index contributed by atoms with van der Waals surface area (Å²) in [6.07, 6.45) is 3.50. The Balaban J connectivity index is 1.53. The van der Waals surface area contributed by atoms with Crippen LogP contribution in [0.15, 0.2) is 53.1 Å². The highest BCUT2D eigenvalue weighted by molar-refractivity contribution is 5.97. The third kappa shape index (κ3) is 11.2. The number of amides is 5. The zero-order valence-electron chi connectivity index (χ0n) is 25.8. The number of hydrogen-bond acceptors (Lipinski definition) is 9. The van der Waals surface area contributed by atoms with Gasteiger partial charge >= 0.3 is 5.97 Å². The van der Waals surface area contributed by atoms with E-state index in [2.05, 4.69) is 31.7 Å². The highest BCUT2D eigenvalue weighted by atomic mass is 16.5. The van der Waals surface area contributed by atoms with Crippen LogP contribution in [0.25, 0.3) is 0 Å². The number of aromatic nitrogens is 1. The van der Waals surface area contributed by atoms with Crippen molar-refractivity contribution >= 4 is 35.5 Å². The van der Waals surface area contributed by atoms with Gasteiger partial charge in [-0.25, -0.2) is 4.79 Å². The van der Waals surface area contributed by atoms with Gasteiger partial charge in [0.2, 0.25) is 23.6 Å². The molecule has 1 unspecified atom stereocenters. The molecule has 0 radical (unpaired) electrons. The van der Waals surface area contributed by atoms with Gasteiger partial charge in [-0.15, -0.1) is 0 Å². The van der Waals surface area contributed by atoms with Gasteiger partial charge in [-0.2, -0.15) is 0 Å². The molecule has 0 spiro atoms. The van der Waals surface area contributed by atoms with E-state index < -0.39 is 54.3 Å². The first-order valence-electron chi connectivity index (χ1n) is 14.7. The summed E-state index contributed by atoms with van der Waals surface area (Å²) in [5, 5.41) is 16.7. The van der Waals surface area contributed by atoms with Gasteiger partial charge in [-0.05, 0) is 38.2 Å². The molecule has 1 aromatic carbocycles. The van der Waals surface area contributed by atoms with Crippen LogP contribution in [0, 0.1) is 18.8 Å². The second-order valence-corrected chi connectivity index (χ2v) is 11.1. The van der Waals surface area contributed by atoms with Gasteiger partial charge in [-0.1, -0.05) is 55.4 Å². The SMILES string of the molecule is Cc1cc(C(=O)N[C@@H](C)C(=O)NC(C(=O)NCC(=O)N[C@H](/C=C/C(=O)OCc2ccccc2)C[C@@H]2CCNC2=O)C(C)C)no1. The van der Waals surface area contributed by atoms with Crippen LogP contribution in [0.5, 0.6) is 0 Å². The van der Waals surface area contributed by atoms with Crippen LogP contribution >= 0.6 is 0 Å². The van der Waals surface area contributed by atoms with Crippen molar-refractivity contribution in [2.24, 2.45) is 11.8 Å². The van der Waals surface area contributed by atoms with Gasteiger partial charge in [0, 0.05) is 30.6 Å². The highest BCUT2D eigenvalue weighted by Gasteiger charge is 2.29. The monoisotopic (exact) mass is 624 g/mol. The maximum Gasteiger partial charge on any atom is 0.330 e. The molecule has 5 amide bonds. The van der Waals surface area contributed by atoms with Gasteiger partial charge in [0.25, 0.3) is 5.91 Å². The van der Waals surface area contributed by atoms with Gasteiger partial charge in [0.15, 0.2) is 5.69 Å². The lowest BCUT2D eigenvalue weighted by atomic mass is 9.98. The van der Waals surface area contributed by atoms with Gasteiger partial charge in [0.05, 0.1) is 6.54 Å². The lowest BCUT2D eigenvalue weighted by molar-refractivity contribution is -0.139. The first-order chi connectivity index (χ1) is 21.4. The van der Waals surface area contributed by atoms with E-state index in [9.17, 15) is 28.8 Å². The van der Waals surface area contributed by atoms with Crippen LogP contribution in [0.2, 0.25) is 0 Å². The lowest BCUT2D eigenvalue weighted by Gasteiger charge is -2.24. The average molecular weight is 625 g/mol. The Hall–Kier alpha value is -5.01. The number of carbonyl (C=O) groups is 6. The Morgan fingerprint density at radius 2 is 1.80 bits per heavy atom. The van der Waals surface area contributed by atoms with Crippen LogP contribution in [-0.2, 0) is 35.3 Å². The summed E-state index contributed by atoms with van der Waals surface area (Å²) in [5.41, 5.74) is 0.835. The zero-order chi connectivity index (χ0) is 32.9. The minimum absolute atomic E-state index is 0.0158. The quantitative estimate of drug-likeness (QED) is 0.140. The second-order valence-electron chi connectivity index (χ2n) is 11.1. The van der Waals surface area contributed by atoms with Crippen LogP contribution in [-0.4, -0.2) is 71.9 Å². The van der Waals surface area contributed by atoms with Gasteiger partial charge < -0.3 is 35.8 Å². The van der Waals surface area contributed by atoms with Gasteiger partial charge in [0.1, 0.15) is 24.5 Å². The smallest absolute Gasteiger partial charge is 0.330 e. The normalized spacial score (nSPS) is 16.4. The summed E-state index contributed by atoms with van der Waals surface area (Å²) in [7, 11) is 0. The number of benzene rings is 1.